The van der Waals surface area contributed by atoms with Crippen molar-refractivity contribution in [2.45, 2.75) is 32.6 Å². The highest BCUT2D eigenvalue weighted by Gasteiger charge is 2.11. The van der Waals surface area contributed by atoms with E-state index in [0.717, 1.165) is 6.42 Å². The van der Waals surface area contributed by atoms with Gasteiger partial charge in [-0.1, -0.05) is 48.8 Å². The average molecular weight is 374 g/mol. The van der Waals surface area contributed by atoms with Crippen LogP contribution >= 0.6 is 11.6 Å². The van der Waals surface area contributed by atoms with E-state index < -0.39 is 0 Å². The predicted octanol–water partition coefficient (Wildman–Crippen LogP) is 3.44. The molecule has 0 amide bonds. The lowest BCUT2D eigenvalue weighted by molar-refractivity contribution is 0.369. The Morgan fingerprint density at radius 2 is 2.04 bits per heavy atom. The van der Waals surface area contributed by atoms with Gasteiger partial charge in [0.25, 0.3) is 5.56 Å². The van der Waals surface area contributed by atoms with Crippen LogP contribution in [0.2, 0.25) is 5.02 Å². The summed E-state index contributed by atoms with van der Waals surface area (Å²) in [6.07, 6.45) is 2.97. The van der Waals surface area contributed by atoms with Crippen LogP contribution in [0.4, 0.5) is 5.69 Å². The molecule has 136 valence electrons. The molecule has 3 aromatic rings. The lowest BCUT2D eigenvalue weighted by atomic mass is 10.2. The molecule has 26 heavy (non-hydrogen) atoms. The van der Waals surface area contributed by atoms with E-state index in [1.807, 2.05) is 32.0 Å². The maximum atomic E-state index is 12.4. The van der Waals surface area contributed by atoms with Gasteiger partial charge in [-0.3, -0.25) is 4.79 Å². The van der Waals surface area contributed by atoms with E-state index in [1.54, 1.807) is 18.3 Å². The predicted molar refractivity (Wildman–Crippen MR) is 100 cm³/mol. The fraction of sp³-hybridized carbons (Fsp3) is 0.333. The number of anilines is 1. The molecule has 1 N–H and O–H groups in total. The van der Waals surface area contributed by atoms with Crippen LogP contribution in [0.25, 0.3) is 5.69 Å². The third kappa shape index (κ3) is 4.11. The standard InChI is InChI=1S/C18H20ClN5O2/c1-12(2)17-22-15(26-23-17)9-6-10-20-14-11-21-24(18(25)16(14)19)13-7-4-3-5-8-13/h3-5,7-8,11-12,20H,6,9-10H2,1-2H3. The van der Waals surface area contributed by atoms with Gasteiger partial charge < -0.3 is 9.84 Å². The highest BCUT2D eigenvalue weighted by Crippen LogP contribution is 2.17. The lowest BCUT2D eigenvalue weighted by Gasteiger charge is -2.09. The second-order valence-corrected chi connectivity index (χ2v) is 6.53. The number of para-hydroxylation sites is 1. The minimum atomic E-state index is -0.360. The molecule has 0 spiro atoms. The van der Waals surface area contributed by atoms with Crippen molar-refractivity contribution in [1.82, 2.24) is 19.9 Å². The van der Waals surface area contributed by atoms with Gasteiger partial charge in [-0.25, -0.2) is 0 Å². The minimum absolute atomic E-state index is 0.115. The van der Waals surface area contributed by atoms with Gasteiger partial charge in [0, 0.05) is 18.9 Å². The van der Waals surface area contributed by atoms with Gasteiger partial charge in [0.1, 0.15) is 5.02 Å². The van der Waals surface area contributed by atoms with Crippen molar-refractivity contribution in [1.29, 1.82) is 0 Å². The summed E-state index contributed by atoms with van der Waals surface area (Å²) < 4.78 is 6.48. The second-order valence-electron chi connectivity index (χ2n) is 6.16. The Morgan fingerprint density at radius 3 is 2.73 bits per heavy atom. The Hall–Kier alpha value is -2.67. The van der Waals surface area contributed by atoms with Crippen LogP contribution in [0.5, 0.6) is 0 Å². The smallest absolute Gasteiger partial charge is 0.292 e. The van der Waals surface area contributed by atoms with Gasteiger partial charge >= 0.3 is 0 Å². The van der Waals surface area contributed by atoms with Crippen molar-refractivity contribution >= 4 is 17.3 Å². The van der Waals surface area contributed by atoms with E-state index >= 15 is 0 Å². The van der Waals surface area contributed by atoms with Gasteiger partial charge in [-0.2, -0.15) is 14.8 Å². The van der Waals surface area contributed by atoms with Crippen LogP contribution in [-0.2, 0) is 6.42 Å². The number of halogens is 1. The van der Waals surface area contributed by atoms with E-state index in [-0.39, 0.29) is 16.5 Å². The van der Waals surface area contributed by atoms with Crippen LogP contribution in [0.1, 0.15) is 37.9 Å². The molecule has 8 heteroatoms. The summed E-state index contributed by atoms with van der Waals surface area (Å²) in [4.78, 5) is 16.7. The highest BCUT2D eigenvalue weighted by molar-refractivity contribution is 6.32. The highest BCUT2D eigenvalue weighted by atomic mass is 35.5. The summed E-state index contributed by atoms with van der Waals surface area (Å²) in [5, 5.41) is 11.4. The van der Waals surface area contributed by atoms with E-state index in [9.17, 15) is 4.79 Å². The number of nitrogens with zero attached hydrogens (tertiary/aromatic N) is 4. The zero-order chi connectivity index (χ0) is 18.5. The first-order valence-corrected chi connectivity index (χ1v) is 8.83. The van der Waals surface area contributed by atoms with Crippen molar-refractivity contribution in [2.24, 2.45) is 0 Å². The van der Waals surface area contributed by atoms with Crippen LogP contribution in [-0.4, -0.2) is 26.5 Å². The number of benzene rings is 1. The number of aryl methyl sites for hydroxylation is 1. The summed E-state index contributed by atoms with van der Waals surface area (Å²) in [5.74, 6) is 1.57. The molecule has 0 saturated heterocycles. The number of hydrogen-bond acceptors (Lipinski definition) is 6. The molecule has 2 heterocycles. The molecule has 0 radical (unpaired) electrons. The zero-order valence-electron chi connectivity index (χ0n) is 14.6. The Labute approximate surface area is 156 Å². The van der Waals surface area contributed by atoms with Crippen molar-refractivity contribution in [2.75, 3.05) is 11.9 Å². The van der Waals surface area contributed by atoms with Crippen LogP contribution in [0.15, 0.2) is 45.8 Å². The van der Waals surface area contributed by atoms with Gasteiger partial charge in [-0.05, 0) is 18.6 Å². The molecule has 0 unspecified atom stereocenters. The lowest BCUT2D eigenvalue weighted by Crippen LogP contribution is -2.22. The first-order valence-electron chi connectivity index (χ1n) is 8.46. The Bertz CT molecular complexity index is 921. The maximum Gasteiger partial charge on any atom is 0.292 e. The summed E-state index contributed by atoms with van der Waals surface area (Å²) >= 11 is 6.21. The third-order valence-electron chi connectivity index (χ3n) is 3.80. The minimum Gasteiger partial charge on any atom is -0.382 e. The topological polar surface area (TPSA) is 85.8 Å². The molecule has 0 aliphatic carbocycles. The van der Waals surface area contributed by atoms with Crippen LogP contribution < -0.4 is 10.9 Å². The van der Waals surface area contributed by atoms with E-state index in [2.05, 4.69) is 20.6 Å². The van der Waals surface area contributed by atoms with Crippen molar-refractivity contribution < 1.29 is 4.52 Å². The van der Waals surface area contributed by atoms with Gasteiger partial charge in [0.2, 0.25) is 5.89 Å². The SMILES string of the molecule is CC(C)c1noc(CCCNc2cnn(-c3ccccc3)c(=O)c2Cl)n1. The number of rotatable bonds is 7. The molecule has 3 rings (SSSR count). The molecular weight excluding hydrogens is 354 g/mol. The molecule has 7 nitrogen and oxygen atoms in total. The molecule has 0 atom stereocenters. The molecule has 0 fully saturated rings. The first-order chi connectivity index (χ1) is 12.6. The van der Waals surface area contributed by atoms with Gasteiger partial charge in [0.15, 0.2) is 5.82 Å². The fourth-order valence-corrected chi connectivity index (χ4v) is 2.57. The van der Waals surface area contributed by atoms with Crippen LogP contribution in [0.3, 0.4) is 0 Å². The van der Waals surface area contributed by atoms with Crippen molar-refractivity contribution in [3.63, 3.8) is 0 Å². The van der Waals surface area contributed by atoms with Gasteiger partial charge in [-0.15, -0.1) is 0 Å². The molecule has 0 aliphatic heterocycles. The first kappa shape index (κ1) is 18.1. The Kier molecular flexibility index (Phi) is 5.68. The van der Waals surface area contributed by atoms with Crippen molar-refractivity contribution in [3.05, 3.63) is 63.6 Å². The third-order valence-corrected chi connectivity index (χ3v) is 4.17. The Balaban J connectivity index is 1.60. The van der Waals surface area contributed by atoms with Gasteiger partial charge in [0.05, 0.1) is 17.6 Å². The van der Waals surface area contributed by atoms with Crippen molar-refractivity contribution in [3.8, 4) is 5.69 Å². The molecule has 0 aliphatic rings. The largest absolute Gasteiger partial charge is 0.382 e. The number of hydrogen-bond donors (Lipinski definition) is 1. The molecule has 2 aromatic heterocycles. The molecule has 0 saturated carbocycles. The monoisotopic (exact) mass is 373 g/mol. The van der Waals surface area contributed by atoms with E-state index in [4.69, 9.17) is 16.1 Å². The maximum absolute atomic E-state index is 12.4. The van der Waals surface area contributed by atoms with E-state index in [1.165, 1.54) is 4.68 Å². The van der Waals surface area contributed by atoms with Crippen LogP contribution in [0, 0.1) is 0 Å². The second kappa shape index (κ2) is 8.14. The quantitative estimate of drug-likeness (QED) is 0.638. The molecule has 0 bridgehead atoms. The number of aromatic nitrogens is 4. The average Bonchev–Trinajstić information content (AvgIpc) is 3.12. The normalized spacial score (nSPS) is 11.1. The zero-order valence-corrected chi connectivity index (χ0v) is 15.4. The molecule has 1 aromatic carbocycles. The summed E-state index contributed by atoms with van der Waals surface area (Å²) in [6.45, 7) is 4.64. The fourth-order valence-electron chi connectivity index (χ4n) is 2.38. The summed E-state index contributed by atoms with van der Waals surface area (Å²) in [6, 6.07) is 9.15. The summed E-state index contributed by atoms with van der Waals surface area (Å²) in [5.41, 5.74) is 0.821. The molecular formula is C18H20ClN5O2. The summed E-state index contributed by atoms with van der Waals surface area (Å²) in [7, 11) is 0. The number of nitrogens with one attached hydrogen (secondary N) is 1. The van der Waals surface area contributed by atoms with E-state index in [0.29, 0.717) is 36.1 Å². The Morgan fingerprint density at radius 1 is 1.27 bits per heavy atom.